The number of nitrogens with one attached hydrogen (secondary N) is 1. The monoisotopic (exact) mass is 512 g/mol. The van der Waals surface area contributed by atoms with Gasteiger partial charge in [-0.15, -0.1) is 0 Å². The predicted octanol–water partition coefficient (Wildman–Crippen LogP) is 3.50. The van der Waals surface area contributed by atoms with Gasteiger partial charge >= 0.3 is 5.97 Å². The predicted molar refractivity (Wildman–Crippen MR) is 143 cm³/mol. The summed E-state index contributed by atoms with van der Waals surface area (Å²) in [5.41, 5.74) is 12.5. The number of aliphatic hydroxyl groups excluding tert-OH is 1. The van der Waals surface area contributed by atoms with Crippen molar-refractivity contribution in [3.63, 3.8) is 0 Å². The lowest BCUT2D eigenvalue weighted by atomic mass is 9.87. The number of aliphatic carboxylic acids is 1. The number of carboxylic acids is 1. The molecule has 0 fully saturated rings. The number of rotatable bonds is 18. The van der Waals surface area contributed by atoms with Crippen molar-refractivity contribution < 1.29 is 20.1 Å². The highest BCUT2D eigenvalue weighted by Gasteiger charge is 2.17. The summed E-state index contributed by atoms with van der Waals surface area (Å²) in [6, 6.07) is 6.46. The maximum Gasteiger partial charge on any atom is 0.328 e. The molecule has 0 aliphatic heterocycles. The Bertz CT molecular complexity index is 971. The molecule has 0 bridgehead atoms. The summed E-state index contributed by atoms with van der Waals surface area (Å²) in [5.74, 6) is -0.616. The number of pyridine rings is 1. The highest BCUT2D eigenvalue weighted by atomic mass is 16.4. The number of aliphatic hydroxyl groups is 1. The van der Waals surface area contributed by atoms with E-state index in [9.17, 15) is 20.1 Å². The van der Waals surface area contributed by atoms with Gasteiger partial charge in [0.1, 0.15) is 0 Å². The second kappa shape index (κ2) is 16.3. The van der Waals surface area contributed by atoms with E-state index in [0.29, 0.717) is 17.8 Å². The average Bonchev–Trinajstić information content (AvgIpc) is 3.37. The molecule has 204 valence electrons. The molecular formula is C27H40N6O4-2. The van der Waals surface area contributed by atoms with Crippen LogP contribution >= 0.6 is 0 Å². The number of aromatic nitrogens is 2. The zero-order valence-electron chi connectivity index (χ0n) is 21.6. The highest BCUT2D eigenvalue weighted by molar-refractivity contribution is 5.81. The van der Waals surface area contributed by atoms with Crippen molar-refractivity contribution in [1.82, 2.24) is 9.97 Å². The molecule has 2 aromatic heterocycles. The number of unbranched alkanes of at least 4 members (excludes halogenated alkanes) is 1. The Hall–Kier alpha value is -3.53. The van der Waals surface area contributed by atoms with Crippen LogP contribution in [0.3, 0.4) is 0 Å². The number of aromatic amines is 1. The Balaban J connectivity index is 2.17. The second-order valence-electron chi connectivity index (χ2n) is 9.38. The van der Waals surface area contributed by atoms with Crippen LogP contribution in [-0.4, -0.2) is 50.8 Å². The molecule has 3 atom stereocenters. The van der Waals surface area contributed by atoms with Crippen LogP contribution in [0, 0.1) is 5.92 Å². The van der Waals surface area contributed by atoms with Crippen LogP contribution in [0.5, 0.6) is 5.88 Å². The second-order valence-corrected chi connectivity index (χ2v) is 9.38. The van der Waals surface area contributed by atoms with Gasteiger partial charge in [-0.1, -0.05) is 68.9 Å². The first-order valence-electron chi connectivity index (χ1n) is 12.9. The molecule has 7 N–H and O–H groups in total. The lowest BCUT2D eigenvalue weighted by molar-refractivity contribution is -0.275. The summed E-state index contributed by atoms with van der Waals surface area (Å²) in [5, 5.41) is 35.9. The molecule has 2 aromatic rings. The van der Waals surface area contributed by atoms with E-state index in [2.05, 4.69) is 21.9 Å². The minimum atomic E-state index is -1.09. The van der Waals surface area contributed by atoms with E-state index in [0.717, 1.165) is 63.0 Å². The standard InChI is InChI=1S/C27H41N6O4/c1-2-3-7-22(34)8-4-6-19(15-20-11-13-25(35)31-17-20)10-12-23(33-24-9-5-14-30-24)21(16-26(36)37)18-32-27(28)29/h5,9,11,13-14,16-17,19,22-23,30,34H,2-4,6-8,10,12,15,18H2,1H3,(H,31,35)(H,36,37)(H4,28,29,32)/q-1/p-1/b21-16+/t19-,22+,23-/m1/s1. The number of aliphatic imine (C=N–C) groups is 1. The third-order valence-corrected chi connectivity index (χ3v) is 6.27. The minimum absolute atomic E-state index is 0.0344. The van der Waals surface area contributed by atoms with E-state index in [4.69, 9.17) is 16.8 Å². The fourth-order valence-corrected chi connectivity index (χ4v) is 4.32. The van der Waals surface area contributed by atoms with E-state index in [-0.39, 0.29) is 30.4 Å². The number of nitrogens with zero attached hydrogens (tertiary/aromatic N) is 3. The van der Waals surface area contributed by atoms with Crippen LogP contribution in [0.4, 0.5) is 5.82 Å². The molecular weight excluding hydrogens is 472 g/mol. The Morgan fingerprint density at radius 3 is 2.59 bits per heavy atom. The van der Waals surface area contributed by atoms with Gasteiger partial charge in [-0.2, -0.15) is 0 Å². The Labute approximate surface area is 218 Å². The van der Waals surface area contributed by atoms with E-state index >= 15 is 0 Å². The molecule has 37 heavy (non-hydrogen) atoms. The Morgan fingerprint density at radius 1 is 1.19 bits per heavy atom. The van der Waals surface area contributed by atoms with Crippen LogP contribution < -0.4 is 16.6 Å². The molecule has 0 saturated heterocycles. The topological polar surface area (TPSA) is 188 Å². The zero-order chi connectivity index (χ0) is 27.0. The minimum Gasteiger partial charge on any atom is -0.859 e. The SMILES string of the molecule is CCCC[C@H](O)CCC[C@H](CC[C@@H]([N-]c1ccc[nH]1)/C(=C/C(=O)O)CN=C(N)N)Cc1ccc([O-])nc1. The van der Waals surface area contributed by atoms with Crippen LogP contribution in [-0.2, 0) is 11.2 Å². The van der Waals surface area contributed by atoms with E-state index < -0.39 is 12.0 Å². The third kappa shape index (κ3) is 12.3. The number of H-pyrrole nitrogens is 1. The molecule has 0 amide bonds. The lowest BCUT2D eigenvalue weighted by Crippen LogP contribution is -2.24. The molecule has 10 nitrogen and oxygen atoms in total. The summed E-state index contributed by atoms with van der Waals surface area (Å²) < 4.78 is 0. The van der Waals surface area contributed by atoms with Crippen LogP contribution in [0.2, 0.25) is 0 Å². The van der Waals surface area contributed by atoms with E-state index in [1.807, 2.05) is 12.1 Å². The fourth-order valence-electron chi connectivity index (χ4n) is 4.32. The number of carbonyl (C=O) groups is 1. The van der Waals surface area contributed by atoms with Gasteiger partial charge in [-0.3, -0.25) is 4.98 Å². The molecule has 2 heterocycles. The van der Waals surface area contributed by atoms with Crippen molar-refractivity contribution in [2.45, 2.75) is 76.9 Å². The van der Waals surface area contributed by atoms with Crippen LogP contribution in [0.1, 0.15) is 63.9 Å². The zero-order valence-corrected chi connectivity index (χ0v) is 21.6. The third-order valence-electron chi connectivity index (χ3n) is 6.27. The molecule has 0 aliphatic carbocycles. The van der Waals surface area contributed by atoms with Crippen molar-refractivity contribution in [2.75, 3.05) is 6.54 Å². The maximum absolute atomic E-state index is 11.6. The molecule has 0 unspecified atom stereocenters. The Morgan fingerprint density at radius 2 is 1.97 bits per heavy atom. The van der Waals surface area contributed by atoms with Gasteiger partial charge in [0.25, 0.3) is 0 Å². The quantitative estimate of drug-likeness (QED) is 0.115. The van der Waals surface area contributed by atoms with Crippen LogP contribution in [0.25, 0.3) is 5.32 Å². The number of carboxylic acid groups (broad SMARTS) is 1. The van der Waals surface area contributed by atoms with E-state index in [1.165, 1.54) is 6.07 Å². The number of hydrogen-bond acceptors (Lipinski definition) is 5. The molecule has 10 heteroatoms. The molecule has 0 radical (unpaired) electrons. The van der Waals surface area contributed by atoms with Gasteiger partial charge in [0, 0.05) is 12.3 Å². The van der Waals surface area contributed by atoms with Gasteiger partial charge in [-0.25, -0.2) is 9.79 Å². The van der Waals surface area contributed by atoms with Gasteiger partial charge in [-0.05, 0) is 61.1 Å². The smallest absolute Gasteiger partial charge is 0.328 e. The first-order valence-corrected chi connectivity index (χ1v) is 12.9. The van der Waals surface area contributed by atoms with E-state index in [1.54, 1.807) is 18.5 Å². The summed E-state index contributed by atoms with van der Waals surface area (Å²) in [6.07, 6.45) is 11.6. The first kappa shape index (κ1) is 29.7. The molecule has 0 saturated carbocycles. The lowest BCUT2D eigenvalue weighted by Gasteiger charge is -2.29. The maximum atomic E-state index is 11.6. The molecule has 0 aromatic carbocycles. The van der Waals surface area contributed by atoms with Crippen molar-refractivity contribution in [1.29, 1.82) is 0 Å². The molecule has 0 aliphatic rings. The van der Waals surface area contributed by atoms with Gasteiger partial charge in [0.05, 0.1) is 12.6 Å². The Kier molecular flexibility index (Phi) is 13.1. The first-order chi connectivity index (χ1) is 17.8. The summed E-state index contributed by atoms with van der Waals surface area (Å²) in [6.45, 7) is 2.14. The average molecular weight is 513 g/mol. The fraction of sp³-hybridized carbons (Fsp3) is 0.519. The van der Waals surface area contributed by atoms with Crippen molar-refractivity contribution in [3.05, 3.63) is 59.2 Å². The van der Waals surface area contributed by atoms with Crippen LogP contribution in [0.15, 0.2) is 53.3 Å². The van der Waals surface area contributed by atoms with Gasteiger partial charge in [0.15, 0.2) is 5.96 Å². The van der Waals surface area contributed by atoms with Crippen molar-refractivity contribution in [3.8, 4) is 5.88 Å². The summed E-state index contributed by atoms with van der Waals surface area (Å²) >= 11 is 0. The highest BCUT2D eigenvalue weighted by Crippen LogP contribution is 2.30. The van der Waals surface area contributed by atoms with Gasteiger partial charge < -0.3 is 37.1 Å². The van der Waals surface area contributed by atoms with Crippen molar-refractivity contribution >= 4 is 17.7 Å². The van der Waals surface area contributed by atoms with Gasteiger partial charge in [0.2, 0.25) is 0 Å². The van der Waals surface area contributed by atoms with Crippen molar-refractivity contribution in [2.24, 2.45) is 22.4 Å². The normalized spacial score (nSPS) is 14.1. The summed E-state index contributed by atoms with van der Waals surface area (Å²) in [4.78, 5) is 22.5. The number of hydrogen-bond donors (Lipinski definition) is 5. The molecule has 0 spiro atoms. The number of nitrogens with two attached hydrogens (primary N) is 2. The molecule has 2 rings (SSSR count). The summed E-state index contributed by atoms with van der Waals surface area (Å²) in [7, 11) is 0. The number of guanidine groups is 1. The largest absolute Gasteiger partial charge is 0.859 e.